The van der Waals surface area contributed by atoms with Gasteiger partial charge >= 0.3 is 0 Å². The quantitative estimate of drug-likeness (QED) is 0.164. The number of hydrogen-bond donors (Lipinski definition) is 1. The summed E-state index contributed by atoms with van der Waals surface area (Å²) in [5, 5.41) is 2.59. The summed E-state index contributed by atoms with van der Waals surface area (Å²) in [5.74, 6) is 0. The first kappa shape index (κ1) is 14.6. The molecule has 0 heterocycles. The number of anilines is 1. The predicted octanol–water partition coefficient (Wildman–Crippen LogP) is 5.45. The lowest BCUT2D eigenvalue weighted by atomic mass is 10.1. The van der Waals surface area contributed by atoms with Crippen molar-refractivity contribution in [3.8, 4) is 0 Å². The van der Waals surface area contributed by atoms with Gasteiger partial charge in [-0.3, -0.25) is 0 Å². The van der Waals surface area contributed by atoms with Crippen molar-refractivity contribution in [1.29, 1.82) is 0 Å². The second-order valence-corrected chi connectivity index (χ2v) is 8.66. The number of benzene rings is 2. The Morgan fingerprint density at radius 1 is 0.750 bits per heavy atom. The number of nitrogen functional groups attached to an aromatic ring is 1. The summed E-state index contributed by atoms with van der Waals surface area (Å²) in [4.78, 5) is 0. The molecule has 0 aliphatic rings. The Bertz CT molecular complexity index is 594. The van der Waals surface area contributed by atoms with Crippen molar-refractivity contribution in [3.05, 3.63) is 30.0 Å². The minimum absolute atomic E-state index is 0.836. The van der Waals surface area contributed by atoms with Crippen LogP contribution in [0, 0.1) is 17.9 Å². The van der Waals surface area contributed by atoms with E-state index in [0.717, 1.165) is 5.69 Å². The van der Waals surface area contributed by atoms with Crippen LogP contribution < -0.4 is 5.73 Å². The van der Waals surface area contributed by atoms with Crippen LogP contribution >= 0.6 is 113 Å². The number of nitrogens with two attached hydrogens (primary N) is 1. The highest BCUT2D eigenvalue weighted by Crippen LogP contribution is 2.37. The lowest BCUT2D eigenvalue weighted by Gasteiger charge is -2.12. The van der Waals surface area contributed by atoms with E-state index in [-0.39, 0.29) is 0 Å². The first-order valence-electron chi connectivity index (χ1n) is 4.14. The van der Waals surface area contributed by atoms with Gasteiger partial charge in [0.1, 0.15) is 0 Å². The summed E-state index contributed by atoms with van der Waals surface area (Å²) < 4.78 is 6.49. The minimum atomic E-state index is 0.836. The molecule has 0 saturated heterocycles. The van der Waals surface area contributed by atoms with Crippen molar-refractivity contribution < 1.29 is 0 Å². The predicted molar refractivity (Wildman–Crippen MR) is 112 cm³/mol. The third-order valence-corrected chi connectivity index (χ3v) is 10.5. The van der Waals surface area contributed by atoms with Gasteiger partial charge in [-0.1, -0.05) is 0 Å². The van der Waals surface area contributed by atoms with Crippen LogP contribution in [0.1, 0.15) is 0 Å². The molecule has 0 atom stereocenters. The molecule has 6 heteroatoms. The molecule has 0 aromatic heterocycles. The molecule has 0 amide bonds. The SMILES string of the molecule is Nc1cc(I)c2c(I)c(I)c(I)c(I)c2c1. The van der Waals surface area contributed by atoms with Gasteiger partial charge in [-0.05, 0) is 125 Å². The molecule has 1 nitrogen and oxygen atoms in total. The van der Waals surface area contributed by atoms with E-state index < -0.39 is 0 Å². The van der Waals surface area contributed by atoms with Gasteiger partial charge in [0, 0.05) is 34.3 Å². The van der Waals surface area contributed by atoms with Crippen molar-refractivity contribution in [1.82, 2.24) is 0 Å². The van der Waals surface area contributed by atoms with Gasteiger partial charge in [0.25, 0.3) is 0 Å². The molecule has 0 unspecified atom stereocenters. The molecule has 2 N–H and O–H groups in total. The van der Waals surface area contributed by atoms with Gasteiger partial charge in [0.05, 0.1) is 0 Å². The van der Waals surface area contributed by atoms with Gasteiger partial charge < -0.3 is 5.73 Å². The van der Waals surface area contributed by atoms with Crippen LogP contribution in [0.4, 0.5) is 5.69 Å². The van der Waals surface area contributed by atoms with Crippen molar-refractivity contribution in [2.24, 2.45) is 0 Å². The zero-order valence-corrected chi connectivity index (χ0v) is 18.4. The highest BCUT2D eigenvalue weighted by molar-refractivity contribution is 14.1. The van der Waals surface area contributed by atoms with Gasteiger partial charge in [-0.25, -0.2) is 0 Å². The van der Waals surface area contributed by atoms with Crippen LogP contribution in [0.15, 0.2) is 12.1 Å². The molecule has 16 heavy (non-hydrogen) atoms. The lowest BCUT2D eigenvalue weighted by Crippen LogP contribution is -1.97. The molecule has 0 saturated carbocycles. The van der Waals surface area contributed by atoms with Gasteiger partial charge in [0.15, 0.2) is 0 Å². The molecule has 0 aliphatic carbocycles. The van der Waals surface area contributed by atoms with E-state index in [1.54, 1.807) is 0 Å². The van der Waals surface area contributed by atoms with E-state index in [2.05, 4.69) is 119 Å². The fraction of sp³-hybridized carbons (Fsp3) is 0. The van der Waals surface area contributed by atoms with Crippen LogP contribution in [0.2, 0.25) is 0 Å². The number of halogens is 5. The largest absolute Gasteiger partial charge is 0.399 e. The van der Waals surface area contributed by atoms with Crippen molar-refractivity contribution >= 4 is 129 Å². The summed E-state index contributed by atoms with van der Waals surface area (Å²) in [5.41, 5.74) is 6.75. The Balaban J connectivity index is 3.08. The molecule has 0 spiro atoms. The molecule has 0 aliphatic heterocycles. The van der Waals surface area contributed by atoms with Gasteiger partial charge in [-0.2, -0.15) is 0 Å². The second kappa shape index (κ2) is 5.64. The monoisotopic (exact) mass is 773 g/mol. The Morgan fingerprint density at radius 3 is 1.94 bits per heavy atom. The van der Waals surface area contributed by atoms with E-state index in [0.29, 0.717) is 0 Å². The molecular weight excluding hydrogens is 769 g/mol. The third-order valence-electron chi connectivity index (χ3n) is 2.15. The maximum atomic E-state index is 5.92. The molecule has 84 valence electrons. The molecule has 2 aromatic rings. The molecular formula is C10H4I5N. The maximum absolute atomic E-state index is 5.92. The van der Waals surface area contributed by atoms with Gasteiger partial charge in [0.2, 0.25) is 0 Å². The van der Waals surface area contributed by atoms with E-state index in [1.165, 1.54) is 28.6 Å². The van der Waals surface area contributed by atoms with Crippen molar-refractivity contribution in [2.45, 2.75) is 0 Å². The highest BCUT2D eigenvalue weighted by atomic mass is 127. The van der Waals surface area contributed by atoms with E-state index in [9.17, 15) is 0 Å². The first-order chi connectivity index (χ1) is 7.43. The van der Waals surface area contributed by atoms with Crippen LogP contribution in [0.25, 0.3) is 10.8 Å². The Labute approximate surface area is 162 Å². The van der Waals surface area contributed by atoms with E-state index in [1.807, 2.05) is 6.07 Å². The van der Waals surface area contributed by atoms with Crippen LogP contribution in [-0.4, -0.2) is 0 Å². The Morgan fingerprint density at radius 2 is 1.31 bits per heavy atom. The topological polar surface area (TPSA) is 26.0 Å². The molecule has 0 radical (unpaired) electrons. The molecule has 2 aromatic carbocycles. The molecule has 2 rings (SSSR count). The van der Waals surface area contributed by atoms with Gasteiger partial charge in [-0.15, -0.1) is 0 Å². The zero-order valence-electron chi connectivity index (χ0n) is 7.62. The average Bonchev–Trinajstić information content (AvgIpc) is 2.22. The third kappa shape index (κ3) is 2.55. The van der Waals surface area contributed by atoms with Crippen LogP contribution in [-0.2, 0) is 0 Å². The number of hydrogen-bond acceptors (Lipinski definition) is 1. The smallest absolute Gasteiger partial charge is 0.0415 e. The molecule has 0 bridgehead atoms. The standard InChI is InChI=1S/C10H4I5N/c11-5-2-3(16)1-4-6(5)8(13)10(15)9(14)7(4)12/h1-2H,16H2. The fourth-order valence-electron chi connectivity index (χ4n) is 1.44. The highest BCUT2D eigenvalue weighted by Gasteiger charge is 2.15. The molecule has 0 fully saturated rings. The van der Waals surface area contributed by atoms with Crippen molar-refractivity contribution in [3.63, 3.8) is 0 Å². The summed E-state index contributed by atoms with van der Waals surface area (Å²) in [6.07, 6.45) is 0. The summed E-state index contributed by atoms with van der Waals surface area (Å²) in [7, 11) is 0. The minimum Gasteiger partial charge on any atom is -0.399 e. The average molecular weight is 773 g/mol. The fourth-order valence-corrected chi connectivity index (χ4v) is 6.56. The van der Waals surface area contributed by atoms with Crippen LogP contribution in [0.3, 0.4) is 0 Å². The second-order valence-electron chi connectivity index (χ2n) is 3.18. The summed E-state index contributed by atoms with van der Waals surface area (Å²) in [6.45, 7) is 0. The Kier molecular flexibility index (Phi) is 5.14. The van der Waals surface area contributed by atoms with E-state index in [4.69, 9.17) is 5.73 Å². The maximum Gasteiger partial charge on any atom is 0.0415 e. The Hall–Kier alpha value is 2.15. The van der Waals surface area contributed by atoms with Crippen molar-refractivity contribution in [2.75, 3.05) is 5.73 Å². The van der Waals surface area contributed by atoms with Crippen LogP contribution in [0.5, 0.6) is 0 Å². The summed E-state index contributed by atoms with van der Waals surface area (Å²) >= 11 is 12.0. The summed E-state index contributed by atoms with van der Waals surface area (Å²) in [6, 6.07) is 4.10. The number of rotatable bonds is 0. The zero-order chi connectivity index (χ0) is 12.0. The first-order valence-corrected chi connectivity index (χ1v) is 9.53. The normalized spacial score (nSPS) is 11.1. The lowest BCUT2D eigenvalue weighted by molar-refractivity contribution is 1.53. The van der Waals surface area contributed by atoms with E-state index >= 15 is 0 Å². The number of fused-ring (bicyclic) bond motifs is 1.